The number of benzene rings is 7. The van der Waals surface area contributed by atoms with Gasteiger partial charge in [0, 0.05) is 38.6 Å². The summed E-state index contributed by atoms with van der Waals surface area (Å²) in [5.74, 6) is 1.99. The van der Waals surface area contributed by atoms with Gasteiger partial charge in [0.15, 0.2) is 17.5 Å². The minimum Gasteiger partial charge on any atom is -0.310 e. The van der Waals surface area contributed by atoms with Gasteiger partial charge in [-0.2, -0.15) is 0 Å². The van der Waals surface area contributed by atoms with Crippen LogP contribution in [-0.2, 0) is 16.2 Å². The molecule has 0 atom stereocenters. The van der Waals surface area contributed by atoms with E-state index in [0.717, 1.165) is 22.4 Å². The van der Waals surface area contributed by atoms with Gasteiger partial charge in [0.2, 0.25) is 0 Å². The molecule has 58 heavy (non-hydrogen) atoms. The smallest absolute Gasteiger partial charge is 0.164 e. The van der Waals surface area contributed by atoms with Crippen LogP contribution < -0.4 is 4.90 Å². The number of hydrogen-bond acceptors (Lipinski definition) is 4. The fourth-order valence-electron chi connectivity index (χ4n) is 10.2. The van der Waals surface area contributed by atoms with E-state index in [2.05, 4.69) is 204 Å². The molecule has 280 valence electrons. The van der Waals surface area contributed by atoms with Crippen LogP contribution in [0.15, 0.2) is 158 Å². The highest BCUT2D eigenvalue weighted by molar-refractivity contribution is 5.87. The summed E-state index contributed by atoms with van der Waals surface area (Å²) in [6.07, 6.45) is 0. The zero-order chi connectivity index (χ0) is 39.6. The Morgan fingerprint density at radius 1 is 0.328 bits per heavy atom. The Labute approximate surface area is 341 Å². The van der Waals surface area contributed by atoms with E-state index in [1.165, 1.54) is 67.0 Å². The standard InChI is InChI=1S/C54H44N4/c1-52(2)41-17-9-7-15-37(41)39-29-25-34(31-45(39)52)50-55-49(56-51(57-50)35-26-30-40-38-16-8-10-18-42(38)53(3,4)46(40)32-35)33-23-27-36(28-24-33)58-47-21-13-11-19-43(47)54(5,6)44-20-12-14-22-48(44)58/h7-32H,1-6H3. The topological polar surface area (TPSA) is 41.9 Å². The Morgan fingerprint density at radius 3 is 1.14 bits per heavy atom. The first-order valence-corrected chi connectivity index (χ1v) is 20.4. The van der Waals surface area contributed by atoms with Gasteiger partial charge in [-0.15, -0.1) is 0 Å². The first-order valence-electron chi connectivity index (χ1n) is 20.4. The molecule has 0 radical (unpaired) electrons. The summed E-state index contributed by atoms with van der Waals surface area (Å²) in [6, 6.07) is 57.3. The van der Waals surface area contributed by atoms with Crippen LogP contribution in [0.25, 0.3) is 56.4 Å². The lowest BCUT2D eigenvalue weighted by Gasteiger charge is -2.42. The molecule has 7 aromatic carbocycles. The van der Waals surface area contributed by atoms with Gasteiger partial charge in [0.25, 0.3) is 0 Å². The Balaban J connectivity index is 1.05. The normalized spacial score (nSPS) is 15.8. The van der Waals surface area contributed by atoms with E-state index in [1.807, 2.05) is 0 Å². The van der Waals surface area contributed by atoms with Gasteiger partial charge in [-0.25, -0.2) is 15.0 Å². The molecule has 2 aliphatic carbocycles. The summed E-state index contributed by atoms with van der Waals surface area (Å²) < 4.78 is 0. The molecule has 11 rings (SSSR count). The number of para-hydroxylation sites is 2. The molecule has 3 aliphatic rings. The molecule has 8 aromatic rings. The zero-order valence-corrected chi connectivity index (χ0v) is 33.8. The molecule has 0 saturated carbocycles. The Bertz CT molecular complexity index is 2810. The summed E-state index contributed by atoms with van der Waals surface area (Å²) in [6.45, 7) is 13.9. The molecule has 1 aliphatic heterocycles. The zero-order valence-electron chi connectivity index (χ0n) is 33.8. The van der Waals surface area contributed by atoms with Crippen LogP contribution in [-0.4, -0.2) is 15.0 Å². The predicted molar refractivity (Wildman–Crippen MR) is 238 cm³/mol. The van der Waals surface area contributed by atoms with Crippen LogP contribution >= 0.6 is 0 Å². The summed E-state index contributed by atoms with van der Waals surface area (Å²) >= 11 is 0. The van der Waals surface area contributed by atoms with Crippen LogP contribution in [0.3, 0.4) is 0 Å². The van der Waals surface area contributed by atoms with E-state index in [9.17, 15) is 0 Å². The van der Waals surface area contributed by atoms with Gasteiger partial charge in [0.1, 0.15) is 0 Å². The van der Waals surface area contributed by atoms with E-state index < -0.39 is 0 Å². The van der Waals surface area contributed by atoms with Gasteiger partial charge < -0.3 is 4.90 Å². The Morgan fingerprint density at radius 2 is 0.672 bits per heavy atom. The molecule has 0 fully saturated rings. The van der Waals surface area contributed by atoms with E-state index >= 15 is 0 Å². The van der Waals surface area contributed by atoms with Gasteiger partial charge in [-0.3, -0.25) is 0 Å². The third-order valence-electron chi connectivity index (χ3n) is 13.3. The van der Waals surface area contributed by atoms with E-state index in [0.29, 0.717) is 17.5 Å². The van der Waals surface area contributed by atoms with Crippen molar-refractivity contribution in [2.24, 2.45) is 0 Å². The second-order valence-corrected chi connectivity index (χ2v) is 17.7. The number of aromatic nitrogens is 3. The molecule has 0 bridgehead atoms. The van der Waals surface area contributed by atoms with Crippen LogP contribution in [0.1, 0.15) is 74.9 Å². The SMILES string of the molecule is CC1(C)c2ccccc2-c2ccc(-c3nc(-c4ccc(N5c6ccccc6C(C)(C)c6ccccc65)cc4)nc(-c4ccc5c(c4)C(C)(C)c4ccccc4-5)n3)cc21. The van der Waals surface area contributed by atoms with Crippen molar-refractivity contribution in [2.75, 3.05) is 4.90 Å². The van der Waals surface area contributed by atoms with Crippen LogP contribution in [0.4, 0.5) is 17.1 Å². The maximum atomic E-state index is 5.27. The van der Waals surface area contributed by atoms with Crippen LogP contribution in [0.5, 0.6) is 0 Å². The Hall–Kier alpha value is -6.65. The highest BCUT2D eigenvalue weighted by Crippen LogP contribution is 2.53. The largest absolute Gasteiger partial charge is 0.310 e. The molecular formula is C54H44N4. The lowest BCUT2D eigenvalue weighted by Crippen LogP contribution is -2.30. The second-order valence-electron chi connectivity index (χ2n) is 17.7. The number of anilines is 3. The fourth-order valence-corrected chi connectivity index (χ4v) is 10.2. The molecule has 2 heterocycles. The lowest BCUT2D eigenvalue weighted by atomic mass is 9.73. The number of rotatable bonds is 4. The molecule has 0 saturated heterocycles. The van der Waals surface area contributed by atoms with Crippen molar-refractivity contribution in [1.82, 2.24) is 15.0 Å². The van der Waals surface area contributed by atoms with Crippen molar-refractivity contribution >= 4 is 17.1 Å². The highest BCUT2D eigenvalue weighted by Gasteiger charge is 2.38. The summed E-state index contributed by atoms with van der Waals surface area (Å²) in [7, 11) is 0. The molecule has 0 unspecified atom stereocenters. The monoisotopic (exact) mass is 748 g/mol. The van der Waals surface area contributed by atoms with Crippen molar-refractivity contribution < 1.29 is 0 Å². The lowest BCUT2D eigenvalue weighted by molar-refractivity contribution is 0.632. The van der Waals surface area contributed by atoms with Crippen molar-refractivity contribution in [2.45, 2.75) is 57.8 Å². The van der Waals surface area contributed by atoms with Gasteiger partial charge in [0.05, 0.1) is 11.4 Å². The molecule has 4 heteroatoms. The molecule has 0 spiro atoms. The van der Waals surface area contributed by atoms with Crippen molar-refractivity contribution in [1.29, 1.82) is 0 Å². The maximum absolute atomic E-state index is 5.27. The second kappa shape index (κ2) is 12.2. The van der Waals surface area contributed by atoms with Crippen molar-refractivity contribution in [3.63, 3.8) is 0 Å². The third-order valence-corrected chi connectivity index (χ3v) is 13.3. The minimum atomic E-state index is -0.141. The average molecular weight is 749 g/mol. The van der Waals surface area contributed by atoms with Gasteiger partial charge in [-0.1, -0.05) is 151 Å². The summed E-state index contributed by atoms with van der Waals surface area (Å²) in [5, 5.41) is 0. The van der Waals surface area contributed by atoms with Crippen molar-refractivity contribution in [3.05, 3.63) is 191 Å². The summed E-state index contributed by atoms with van der Waals surface area (Å²) in [5.41, 5.74) is 19.1. The molecule has 4 nitrogen and oxygen atoms in total. The van der Waals surface area contributed by atoms with E-state index in [4.69, 9.17) is 15.0 Å². The molecule has 1 aromatic heterocycles. The first-order chi connectivity index (χ1) is 28.0. The third kappa shape index (κ3) is 4.91. The number of hydrogen-bond donors (Lipinski definition) is 0. The highest BCUT2D eigenvalue weighted by atomic mass is 15.2. The predicted octanol–water partition coefficient (Wildman–Crippen LogP) is 13.6. The van der Waals surface area contributed by atoms with E-state index in [-0.39, 0.29) is 16.2 Å². The molecule has 0 N–H and O–H groups in total. The molecule has 0 amide bonds. The molecular weight excluding hydrogens is 705 g/mol. The quantitative estimate of drug-likeness (QED) is 0.180. The fraction of sp³-hybridized carbons (Fsp3) is 0.167. The Kier molecular flexibility index (Phi) is 7.26. The number of nitrogens with zero attached hydrogens (tertiary/aromatic N) is 4. The van der Waals surface area contributed by atoms with Crippen molar-refractivity contribution in [3.8, 4) is 56.4 Å². The van der Waals surface area contributed by atoms with Crippen LogP contribution in [0, 0.1) is 0 Å². The van der Waals surface area contributed by atoms with E-state index in [1.54, 1.807) is 0 Å². The average Bonchev–Trinajstić information content (AvgIpc) is 3.63. The number of fused-ring (bicyclic) bond motifs is 8. The van der Waals surface area contributed by atoms with Crippen LogP contribution in [0.2, 0.25) is 0 Å². The first kappa shape index (κ1) is 34.6. The van der Waals surface area contributed by atoms with Gasteiger partial charge in [-0.05, 0) is 104 Å². The summed E-state index contributed by atoms with van der Waals surface area (Å²) in [4.78, 5) is 18.2. The maximum Gasteiger partial charge on any atom is 0.164 e. The minimum absolute atomic E-state index is 0.119. The van der Waals surface area contributed by atoms with Gasteiger partial charge >= 0.3 is 0 Å².